The van der Waals surface area contributed by atoms with Crippen molar-refractivity contribution >= 4 is 11.8 Å². The first kappa shape index (κ1) is 21.6. The van der Waals surface area contributed by atoms with E-state index in [0.29, 0.717) is 12.1 Å². The molecule has 0 aromatic heterocycles. The monoisotopic (exact) mass is 381 g/mol. The maximum absolute atomic E-state index is 12.9. The van der Waals surface area contributed by atoms with Crippen LogP contribution in [-0.4, -0.2) is 36.9 Å². The van der Waals surface area contributed by atoms with E-state index in [2.05, 4.69) is 21.6 Å². The molecular weight excluding hydrogens is 350 g/mol. The van der Waals surface area contributed by atoms with Gasteiger partial charge in [-0.2, -0.15) is 0 Å². The summed E-state index contributed by atoms with van der Waals surface area (Å²) in [7, 11) is 4.04. The zero-order valence-electron chi connectivity index (χ0n) is 17.2. The van der Waals surface area contributed by atoms with Gasteiger partial charge >= 0.3 is 0 Å². The fraction of sp³-hybridized carbons (Fsp3) is 0.391. The molecule has 0 saturated carbocycles. The van der Waals surface area contributed by atoms with Crippen LogP contribution in [0, 0.1) is 5.92 Å². The lowest BCUT2D eigenvalue weighted by atomic mass is 9.97. The number of rotatable bonds is 9. The molecule has 0 aliphatic rings. The highest BCUT2D eigenvalue weighted by molar-refractivity contribution is 5.97. The van der Waals surface area contributed by atoms with Gasteiger partial charge in [-0.1, -0.05) is 62.7 Å². The minimum Gasteiger partial charge on any atom is -0.350 e. The first-order valence-corrected chi connectivity index (χ1v) is 9.77. The summed E-state index contributed by atoms with van der Waals surface area (Å²) >= 11 is 0. The molecule has 0 radical (unpaired) electrons. The summed E-state index contributed by atoms with van der Waals surface area (Å²) in [6.45, 7) is 5.25. The molecular formula is C23H31N3O2. The van der Waals surface area contributed by atoms with Crippen molar-refractivity contribution in [2.24, 2.45) is 5.92 Å². The number of hydrogen-bond donors (Lipinski definition) is 2. The Labute approximate surface area is 168 Å². The van der Waals surface area contributed by atoms with Crippen LogP contribution in [0.2, 0.25) is 0 Å². The molecule has 2 aromatic carbocycles. The molecule has 0 saturated heterocycles. The van der Waals surface area contributed by atoms with E-state index >= 15 is 0 Å². The molecule has 0 unspecified atom stereocenters. The maximum atomic E-state index is 12.9. The van der Waals surface area contributed by atoms with Gasteiger partial charge in [0.25, 0.3) is 5.91 Å². The Kier molecular flexibility index (Phi) is 8.20. The fourth-order valence-electron chi connectivity index (χ4n) is 3.03. The van der Waals surface area contributed by atoms with Crippen LogP contribution < -0.4 is 10.6 Å². The second kappa shape index (κ2) is 10.6. The van der Waals surface area contributed by atoms with Crippen molar-refractivity contribution in [3.8, 4) is 0 Å². The maximum Gasteiger partial charge on any atom is 0.251 e. The Hall–Kier alpha value is -2.66. The van der Waals surface area contributed by atoms with Crippen molar-refractivity contribution in [2.75, 3.05) is 14.1 Å². The molecule has 0 aliphatic carbocycles. The van der Waals surface area contributed by atoms with Gasteiger partial charge in [-0.3, -0.25) is 9.59 Å². The third-order valence-electron chi connectivity index (χ3n) is 4.88. The van der Waals surface area contributed by atoms with Gasteiger partial charge in [-0.15, -0.1) is 0 Å². The molecule has 150 valence electrons. The Morgan fingerprint density at radius 3 is 2.18 bits per heavy atom. The summed E-state index contributed by atoms with van der Waals surface area (Å²) in [5, 5.41) is 5.92. The van der Waals surface area contributed by atoms with E-state index in [1.807, 2.05) is 64.3 Å². The third-order valence-corrected chi connectivity index (χ3v) is 4.88. The first-order valence-electron chi connectivity index (χ1n) is 9.77. The zero-order chi connectivity index (χ0) is 20.5. The Balaban J connectivity index is 2.07. The Morgan fingerprint density at radius 2 is 1.57 bits per heavy atom. The number of benzene rings is 2. The van der Waals surface area contributed by atoms with Crippen molar-refractivity contribution in [1.29, 1.82) is 0 Å². The molecule has 0 aliphatic heterocycles. The van der Waals surface area contributed by atoms with Crippen LogP contribution in [-0.2, 0) is 17.9 Å². The van der Waals surface area contributed by atoms with Gasteiger partial charge in [0.15, 0.2) is 0 Å². The van der Waals surface area contributed by atoms with Crippen LogP contribution in [0.25, 0.3) is 0 Å². The molecule has 0 spiro atoms. The molecule has 28 heavy (non-hydrogen) atoms. The summed E-state index contributed by atoms with van der Waals surface area (Å²) < 4.78 is 0. The van der Waals surface area contributed by atoms with E-state index < -0.39 is 6.04 Å². The van der Waals surface area contributed by atoms with Gasteiger partial charge in [0, 0.05) is 18.7 Å². The molecule has 2 rings (SSSR count). The smallest absolute Gasteiger partial charge is 0.251 e. The number of amides is 2. The highest BCUT2D eigenvalue weighted by Crippen LogP contribution is 2.13. The van der Waals surface area contributed by atoms with Crippen LogP contribution in [0.4, 0.5) is 0 Å². The molecule has 2 aromatic rings. The average Bonchev–Trinajstić information content (AvgIpc) is 2.70. The fourth-order valence-corrected chi connectivity index (χ4v) is 3.03. The normalized spacial score (nSPS) is 13.0. The molecule has 5 nitrogen and oxygen atoms in total. The van der Waals surface area contributed by atoms with E-state index in [1.54, 1.807) is 12.1 Å². The van der Waals surface area contributed by atoms with E-state index in [4.69, 9.17) is 0 Å². The van der Waals surface area contributed by atoms with Crippen molar-refractivity contribution in [2.45, 2.75) is 39.4 Å². The minimum absolute atomic E-state index is 0.0321. The van der Waals surface area contributed by atoms with Gasteiger partial charge in [-0.25, -0.2) is 0 Å². The summed E-state index contributed by atoms with van der Waals surface area (Å²) in [6.07, 6.45) is 0.796. The number of nitrogens with one attached hydrogen (secondary N) is 2. The van der Waals surface area contributed by atoms with Gasteiger partial charge < -0.3 is 15.5 Å². The second-order valence-corrected chi connectivity index (χ2v) is 7.43. The van der Waals surface area contributed by atoms with E-state index in [9.17, 15) is 9.59 Å². The van der Waals surface area contributed by atoms with Gasteiger partial charge in [0.1, 0.15) is 6.04 Å². The molecule has 0 fully saturated rings. The highest BCUT2D eigenvalue weighted by Gasteiger charge is 2.26. The zero-order valence-corrected chi connectivity index (χ0v) is 17.2. The topological polar surface area (TPSA) is 61.4 Å². The molecule has 2 N–H and O–H groups in total. The van der Waals surface area contributed by atoms with Crippen molar-refractivity contribution in [3.05, 3.63) is 71.3 Å². The van der Waals surface area contributed by atoms with E-state index in [0.717, 1.165) is 18.5 Å². The number of nitrogens with zero attached hydrogens (tertiary/aromatic N) is 1. The van der Waals surface area contributed by atoms with Crippen molar-refractivity contribution < 1.29 is 9.59 Å². The summed E-state index contributed by atoms with van der Waals surface area (Å²) in [6, 6.07) is 16.5. The van der Waals surface area contributed by atoms with Crippen molar-refractivity contribution in [1.82, 2.24) is 15.5 Å². The van der Waals surface area contributed by atoms with Gasteiger partial charge in [0.05, 0.1) is 0 Å². The van der Waals surface area contributed by atoms with E-state index in [1.165, 1.54) is 5.56 Å². The summed E-state index contributed by atoms with van der Waals surface area (Å²) in [5.74, 6) is -0.350. The Bertz CT molecular complexity index is 774. The predicted octanol–water partition coefficient (Wildman–Crippen LogP) is 3.21. The second-order valence-electron chi connectivity index (χ2n) is 7.43. The Morgan fingerprint density at radius 1 is 0.964 bits per heavy atom. The quantitative estimate of drug-likeness (QED) is 0.701. The summed E-state index contributed by atoms with van der Waals surface area (Å²) in [5.41, 5.74) is 2.82. The van der Waals surface area contributed by atoms with Crippen molar-refractivity contribution in [3.63, 3.8) is 0 Å². The standard InChI is InChI=1S/C23H31N3O2/c1-5-17(2)21(25-22(27)18-11-7-6-8-12-18)23(28)24-15-19-13-9-10-14-20(19)16-26(3)4/h6-14,17,21H,5,15-16H2,1-4H3,(H,24,28)(H,25,27)/t17-,21-/m0/s1. The third kappa shape index (κ3) is 6.20. The number of carbonyl (C=O) groups excluding carboxylic acids is 2. The van der Waals surface area contributed by atoms with Crippen LogP contribution in [0.3, 0.4) is 0 Å². The lowest BCUT2D eigenvalue weighted by molar-refractivity contribution is -0.124. The number of hydrogen-bond acceptors (Lipinski definition) is 3. The highest BCUT2D eigenvalue weighted by atomic mass is 16.2. The first-order chi connectivity index (χ1) is 13.4. The molecule has 0 bridgehead atoms. The molecule has 2 amide bonds. The lowest BCUT2D eigenvalue weighted by Gasteiger charge is -2.24. The SMILES string of the molecule is CC[C@H](C)[C@H](NC(=O)c1ccccc1)C(=O)NCc1ccccc1CN(C)C. The molecule has 0 heterocycles. The number of carbonyl (C=O) groups is 2. The van der Waals surface area contributed by atoms with Crippen LogP contribution in [0.5, 0.6) is 0 Å². The minimum atomic E-state index is -0.571. The van der Waals surface area contributed by atoms with Crippen LogP contribution in [0.15, 0.2) is 54.6 Å². The molecule has 5 heteroatoms. The van der Waals surface area contributed by atoms with Gasteiger partial charge in [-0.05, 0) is 43.3 Å². The molecule has 2 atom stereocenters. The largest absolute Gasteiger partial charge is 0.350 e. The van der Waals surface area contributed by atoms with Gasteiger partial charge in [0.2, 0.25) is 5.91 Å². The lowest BCUT2D eigenvalue weighted by Crippen LogP contribution is -2.50. The summed E-state index contributed by atoms with van der Waals surface area (Å²) in [4.78, 5) is 27.5. The van der Waals surface area contributed by atoms with Crippen LogP contribution >= 0.6 is 0 Å². The van der Waals surface area contributed by atoms with Crippen LogP contribution in [0.1, 0.15) is 41.8 Å². The van der Waals surface area contributed by atoms with E-state index in [-0.39, 0.29) is 17.7 Å². The average molecular weight is 382 g/mol. The predicted molar refractivity (Wildman–Crippen MR) is 113 cm³/mol.